The number of rotatable bonds is 8. The van der Waals surface area contributed by atoms with Gasteiger partial charge in [-0.25, -0.2) is 0 Å². The first-order valence-corrected chi connectivity index (χ1v) is 21.2. The maximum absolute atomic E-state index is 12.5. The van der Waals surface area contributed by atoms with Crippen molar-refractivity contribution in [3.8, 4) is 0 Å². The molecule has 2 saturated heterocycles. The third-order valence-electron chi connectivity index (χ3n) is 17.7. The predicted octanol–water partition coefficient (Wildman–Crippen LogP) is -0.296. The largest absolute Gasteiger partial charge is 0.396 e. The first-order chi connectivity index (χ1) is 26.6. The normalized spacial score (nSPS) is 56.1. The molecule has 0 bridgehead atoms. The summed E-state index contributed by atoms with van der Waals surface area (Å²) in [6.45, 7) is 11.3. The Labute approximate surface area is 335 Å². The van der Waals surface area contributed by atoms with Crippen molar-refractivity contribution >= 4 is 0 Å². The van der Waals surface area contributed by atoms with Gasteiger partial charge in [-0.2, -0.15) is 0 Å². The summed E-state index contributed by atoms with van der Waals surface area (Å²) in [7, 11) is 0. The number of hydrogen-bond donors (Lipinski definition) is 11. The molecule has 2 heterocycles. The quantitative estimate of drug-likeness (QED) is 0.111. The van der Waals surface area contributed by atoms with Crippen molar-refractivity contribution in [1.82, 2.24) is 0 Å². The van der Waals surface area contributed by atoms with Gasteiger partial charge in [0.05, 0.1) is 44.7 Å². The van der Waals surface area contributed by atoms with Crippen LogP contribution in [-0.2, 0) is 18.9 Å². The fraction of sp³-hybridized carbons (Fsp3) is 0.952. The topological polar surface area (TPSA) is 259 Å². The molecule has 57 heavy (non-hydrogen) atoms. The average Bonchev–Trinajstić information content (AvgIpc) is 3.16. The Hall–Kier alpha value is -0.860. The summed E-state index contributed by atoms with van der Waals surface area (Å²) in [5.74, 6) is 0.187. The van der Waals surface area contributed by atoms with E-state index in [0.717, 1.165) is 25.7 Å². The molecule has 15 nitrogen and oxygen atoms in total. The highest BCUT2D eigenvalue weighted by Crippen LogP contribution is 2.75. The van der Waals surface area contributed by atoms with E-state index in [9.17, 15) is 56.2 Å². The Kier molecular flexibility index (Phi) is 11.8. The van der Waals surface area contributed by atoms with Crippen molar-refractivity contribution in [2.45, 2.75) is 173 Å². The van der Waals surface area contributed by atoms with Crippen LogP contribution in [0.1, 0.15) is 92.9 Å². The van der Waals surface area contributed by atoms with Crippen LogP contribution in [0.25, 0.3) is 0 Å². The molecular weight excluding hydrogens is 744 g/mol. The first-order valence-electron chi connectivity index (χ1n) is 21.2. The molecule has 11 N–H and O–H groups in total. The smallest absolute Gasteiger partial charge is 0.187 e. The van der Waals surface area contributed by atoms with Gasteiger partial charge in [0.1, 0.15) is 48.8 Å². The molecule has 21 atom stereocenters. The van der Waals surface area contributed by atoms with Crippen molar-refractivity contribution in [2.75, 3.05) is 26.4 Å². The average molecular weight is 815 g/mol. The lowest BCUT2D eigenvalue weighted by Crippen LogP contribution is -2.69. The van der Waals surface area contributed by atoms with E-state index >= 15 is 0 Å². The van der Waals surface area contributed by atoms with Crippen LogP contribution < -0.4 is 0 Å². The summed E-state index contributed by atoms with van der Waals surface area (Å²) in [6, 6.07) is 0. The summed E-state index contributed by atoms with van der Waals surface area (Å²) in [5, 5.41) is 119. The molecule has 0 amide bonds. The lowest BCUT2D eigenvalue weighted by Gasteiger charge is -2.72. The van der Waals surface area contributed by atoms with Crippen molar-refractivity contribution < 1.29 is 75.1 Å². The second kappa shape index (κ2) is 15.2. The number of aliphatic hydroxyl groups is 11. The molecule has 7 aliphatic rings. The molecular formula is C42H70O15. The molecule has 0 aromatic rings. The van der Waals surface area contributed by atoms with Gasteiger partial charge in [-0.1, -0.05) is 53.2 Å². The van der Waals surface area contributed by atoms with Crippen LogP contribution in [0.3, 0.4) is 0 Å². The van der Waals surface area contributed by atoms with Gasteiger partial charge in [-0.3, -0.25) is 0 Å². The molecule has 15 heteroatoms. The van der Waals surface area contributed by atoms with Gasteiger partial charge >= 0.3 is 0 Å². The van der Waals surface area contributed by atoms with Crippen molar-refractivity contribution in [3.05, 3.63) is 11.6 Å². The standard InChI is InChI=1S/C42H70O15/c1-37(2)13-21-20-7-8-25-38(3)11-10-26(47)39(4,18-45)24(38)9-12-40(25,5)41(20,6)14-27(48)42(21,19-46)15-28(37)56-36-34(32(52)30(50)23(17-44)55-36)57-35-33(53)31(51)29(49)22(16-43)54-35/h7,21-36,43-53H,8-19H2,1-6H3/t21-,22+,23+,24+,25+,26-,27-,28-,29+,30+,31-,32-,33+,34+,35-,36-,38-,39-,40+,41+,42+/m0/s1. The SMILES string of the molecule is CC1(C)C[C@H]2C3=CC[C@@H]4[C@@]5(C)CC[C@H](O)[C@@](C)(CO)[C@@H]5CC[C@@]4(C)[C@]3(C)C[C@H](O)[C@@]2(CO)C[C@@H]1O[C@@H]1O[C@H](CO)[C@@H](O)[C@H](O)[C@H]1O[C@@H]1O[C@H](CO)[C@@H](O)[C@H](O)[C@H]1O. The Morgan fingerprint density at radius 1 is 0.649 bits per heavy atom. The molecule has 0 spiro atoms. The van der Waals surface area contributed by atoms with Gasteiger partial charge in [0.15, 0.2) is 12.6 Å². The van der Waals surface area contributed by atoms with E-state index in [1.165, 1.54) is 5.57 Å². The van der Waals surface area contributed by atoms with E-state index < -0.39 is 115 Å². The van der Waals surface area contributed by atoms with Crippen LogP contribution in [-0.4, -0.2) is 162 Å². The van der Waals surface area contributed by atoms with Crippen molar-refractivity contribution in [2.24, 2.45) is 50.2 Å². The van der Waals surface area contributed by atoms with Crippen LogP contribution in [0.4, 0.5) is 0 Å². The summed E-state index contributed by atoms with van der Waals surface area (Å²) in [4.78, 5) is 0. The summed E-state index contributed by atoms with van der Waals surface area (Å²) in [6.07, 6.45) is -10.6. The van der Waals surface area contributed by atoms with E-state index in [0.29, 0.717) is 19.3 Å². The number of allylic oxidation sites excluding steroid dienone is 2. The highest BCUT2D eigenvalue weighted by Gasteiger charge is 2.71. The van der Waals surface area contributed by atoms with Gasteiger partial charge in [-0.15, -0.1) is 0 Å². The minimum absolute atomic E-state index is 0.0684. The van der Waals surface area contributed by atoms with E-state index in [4.69, 9.17) is 18.9 Å². The third kappa shape index (κ3) is 6.39. The van der Waals surface area contributed by atoms with Crippen molar-refractivity contribution in [1.29, 1.82) is 0 Å². The molecule has 6 fully saturated rings. The lowest BCUT2D eigenvalue weighted by atomic mass is 9.33. The van der Waals surface area contributed by atoms with Gasteiger partial charge < -0.3 is 75.1 Å². The number of aliphatic hydroxyl groups excluding tert-OH is 11. The Bertz CT molecular complexity index is 1490. The third-order valence-corrected chi connectivity index (χ3v) is 17.7. The Morgan fingerprint density at radius 2 is 1.28 bits per heavy atom. The first kappa shape index (κ1) is 44.2. The van der Waals surface area contributed by atoms with Crippen LogP contribution in [0, 0.1) is 50.2 Å². The molecule has 0 aromatic carbocycles. The van der Waals surface area contributed by atoms with Crippen LogP contribution in [0.15, 0.2) is 11.6 Å². The van der Waals surface area contributed by atoms with Crippen molar-refractivity contribution in [3.63, 3.8) is 0 Å². The maximum atomic E-state index is 12.5. The lowest BCUT2D eigenvalue weighted by molar-refractivity contribution is -0.378. The number of hydrogen-bond acceptors (Lipinski definition) is 15. The highest BCUT2D eigenvalue weighted by atomic mass is 16.8. The molecule has 0 aromatic heterocycles. The molecule has 4 saturated carbocycles. The number of ether oxygens (including phenoxy) is 4. The highest BCUT2D eigenvalue weighted by molar-refractivity contribution is 5.35. The van der Waals surface area contributed by atoms with E-state index in [-0.39, 0.29) is 48.2 Å². The Balaban J connectivity index is 1.19. The van der Waals surface area contributed by atoms with Gasteiger partial charge in [0.2, 0.25) is 0 Å². The van der Waals surface area contributed by atoms with Gasteiger partial charge in [0.25, 0.3) is 0 Å². The zero-order chi connectivity index (χ0) is 41.8. The molecule has 2 aliphatic heterocycles. The van der Waals surface area contributed by atoms with E-state index in [2.05, 4.69) is 26.8 Å². The number of fused-ring (bicyclic) bond motifs is 7. The minimum atomic E-state index is -1.81. The van der Waals surface area contributed by atoms with Crippen LogP contribution in [0.2, 0.25) is 0 Å². The second-order valence-corrected chi connectivity index (χ2v) is 20.7. The van der Waals surface area contributed by atoms with Crippen LogP contribution in [0.5, 0.6) is 0 Å². The predicted molar refractivity (Wildman–Crippen MR) is 202 cm³/mol. The molecule has 5 aliphatic carbocycles. The fourth-order valence-corrected chi connectivity index (χ4v) is 13.8. The Morgan fingerprint density at radius 3 is 1.89 bits per heavy atom. The fourth-order valence-electron chi connectivity index (χ4n) is 13.8. The molecule has 0 radical (unpaired) electrons. The van der Waals surface area contributed by atoms with Crippen LogP contribution >= 0.6 is 0 Å². The summed E-state index contributed by atoms with van der Waals surface area (Å²) in [5.41, 5.74) is -1.74. The molecule has 0 unspecified atom stereocenters. The summed E-state index contributed by atoms with van der Waals surface area (Å²) >= 11 is 0. The second-order valence-electron chi connectivity index (χ2n) is 20.7. The van der Waals surface area contributed by atoms with E-state index in [1.54, 1.807) is 0 Å². The van der Waals surface area contributed by atoms with Gasteiger partial charge in [0, 0.05) is 10.8 Å². The summed E-state index contributed by atoms with van der Waals surface area (Å²) < 4.78 is 24.2. The van der Waals surface area contributed by atoms with E-state index in [1.807, 2.05) is 20.8 Å². The maximum Gasteiger partial charge on any atom is 0.187 e. The monoisotopic (exact) mass is 814 g/mol. The minimum Gasteiger partial charge on any atom is -0.396 e. The molecule has 7 rings (SSSR count). The molecule has 328 valence electrons. The van der Waals surface area contributed by atoms with Gasteiger partial charge in [-0.05, 0) is 90.8 Å². The zero-order valence-electron chi connectivity index (χ0n) is 34.4. The zero-order valence-corrected chi connectivity index (χ0v) is 34.4.